The van der Waals surface area contributed by atoms with Gasteiger partial charge in [-0.25, -0.2) is 9.59 Å². The minimum atomic E-state index is -0.652. The number of ether oxygens (including phenoxy) is 4. The molecule has 1 aromatic carbocycles. The Balaban J connectivity index is 2.63. The van der Waals surface area contributed by atoms with E-state index in [4.69, 9.17) is 18.9 Å². The number of carbonyl (C=O) groups excluding carboxylic acids is 2. The molecule has 0 fully saturated rings. The summed E-state index contributed by atoms with van der Waals surface area (Å²) in [6.07, 6.45) is 2.74. The van der Waals surface area contributed by atoms with Crippen LogP contribution in [0.4, 0.5) is 0 Å². The third kappa shape index (κ3) is 6.86. The Labute approximate surface area is 136 Å². The molecule has 126 valence electrons. The summed E-state index contributed by atoms with van der Waals surface area (Å²) < 4.78 is 20.2. The van der Waals surface area contributed by atoms with Gasteiger partial charge in [-0.05, 0) is 45.0 Å². The van der Waals surface area contributed by atoms with Gasteiger partial charge < -0.3 is 18.9 Å². The van der Waals surface area contributed by atoms with E-state index in [-0.39, 0.29) is 0 Å². The summed E-state index contributed by atoms with van der Waals surface area (Å²) in [7, 11) is 3.07. The summed E-state index contributed by atoms with van der Waals surface area (Å²) in [5.74, 6) is -0.0338. The molecule has 0 N–H and O–H groups in total. The molecular weight excluding hydrogens is 300 g/mol. The van der Waals surface area contributed by atoms with Crippen molar-refractivity contribution in [3.63, 3.8) is 0 Å². The molecule has 0 saturated heterocycles. The van der Waals surface area contributed by atoms with E-state index in [1.807, 2.05) is 0 Å². The zero-order valence-electron chi connectivity index (χ0n) is 14.0. The van der Waals surface area contributed by atoms with Gasteiger partial charge in [-0.15, -0.1) is 0 Å². The van der Waals surface area contributed by atoms with Gasteiger partial charge in [-0.2, -0.15) is 0 Å². The van der Waals surface area contributed by atoms with Crippen molar-refractivity contribution in [3.8, 4) is 11.5 Å². The molecule has 0 aliphatic rings. The van der Waals surface area contributed by atoms with Crippen molar-refractivity contribution >= 4 is 18.0 Å². The molecule has 0 aromatic heterocycles. The van der Waals surface area contributed by atoms with E-state index in [0.29, 0.717) is 17.1 Å². The maximum atomic E-state index is 11.7. The van der Waals surface area contributed by atoms with Gasteiger partial charge in [0.1, 0.15) is 17.1 Å². The Morgan fingerprint density at radius 1 is 1.13 bits per heavy atom. The van der Waals surface area contributed by atoms with Crippen LogP contribution in [-0.2, 0) is 19.1 Å². The SMILES string of the molecule is COc1ccc(OC)c(/C=C/C(=O)OCC(=O)OC(C)(C)C)c1. The lowest BCUT2D eigenvalue weighted by Crippen LogP contribution is -2.27. The fraction of sp³-hybridized carbons (Fsp3) is 0.412. The lowest BCUT2D eigenvalue weighted by molar-refractivity contribution is -0.164. The maximum Gasteiger partial charge on any atom is 0.344 e. The van der Waals surface area contributed by atoms with Crippen LogP contribution < -0.4 is 9.47 Å². The van der Waals surface area contributed by atoms with Crippen molar-refractivity contribution in [1.29, 1.82) is 0 Å². The van der Waals surface area contributed by atoms with Gasteiger partial charge in [0, 0.05) is 11.6 Å². The maximum absolute atomic E-state index is 11.7. The molecule has 0 aliphatic carbocycles. The second kappa shape index (κ2) is 8.22. The van der Waals surface area contributed by atoms with Gasteiger partial charge in [0.05, 0.1) is 14.2 Å². The summed E-state index contributed by atoms with van der Waals surface area (Å²) in [4.78, 5) is 23.1. The summed E-state index contributed by atoms with van der Waals surface area (Å²) in [6.45, 7) is 4.78. The zero-order valence-corrected chi connectivity index (χ0v) is 14.0. The molecule has 23 heavy (non-hydrogen) atoms. The molecule has 0 atom stereocenters. The van der Waals surface area contributed by atoms with Crippen molar-refractivity contribution in [3.05, 3.63) is 29.8 Å². The number of hydrogen-bond donors (Lipinski definition) is 0. The fourth-order valence-electron chi connectivity index (χ4n) is 1.68. The first-order valence-corrected chi connectivity index (χ1v) is 7.04. The third-order valence-electron chi connectivity index (χ3n) is 2.59. The second-order valence-electron chi connectivity index (χ2n) is 5.64. The van der Waals surface area contributed by atoms with Crippen molar-refractivity contribution in [2.24, 2.45) is 0 Å². The Hall–Kier alpha value is -2.50. The van der Waals surface area contributed by atoms with Gasteiger partial charge in [0.25, 0.3) is 0 Å². The molecule has 0 aliphatic heterocycles. The quantitative estimate of drug-likeness (QED) is 0.592. The molecule has 0 unspecified atom stereocenters. The molecular formula is C17H22O6. The molecule has 1 aromatic rings. The standard InChI is InChI=1S/C17H22O6/c1-17(2,3)23-16(19)11-22-15(18)9-6-12-10-13(20-4)7-8-14(12)21-5/h6-10H,11H2,1-5H3/b9-6+. The van der Waals surface area contributed by atoms with E-state index < -0.39 is 24.1 Å². The molecule has 0 heterocycles. The van der Waals surface area contributed by atoms with Gasteiger partial charge in [-0.1, -0.05) is 0 Å². The van der Waals surface area contributed by atoms with Crippen LogP contribution in [0, 0.1) is 0 Å². The molecule has 0 bridgehead atoms. The highest BCUT2D eigenvalue weighted by molar-refractivity contribution is 5.89. The summed E-state index contributed by atoms with van der Waals surface area (Å²) in [6, 6.07) is 5.19. The van der Waals surface area contributed by atoms with Crippen molar-refractivity contribution in [1.82, 2.24) is 0 Å². The normalized spacial score (nSPS) is 11.2. The van der Waals surface area contributed by atoms with E-state index in [2.05, 4.69) is 0 Å². The van der Waals surface area contributed by atoms with Crippen molar-refractivity contribution in [2.75, 3.05) is 20.8 Å². The lowest BCUT2D eigenvalue weighted by Gasteiger charge is -2.19. The van der Waals surface area contributed by atoms with Crippen molar-refractivity contribution < 1.29 is 28.5 Å². The molecule has 1 rings (SSSR count). The van der Waals surface area contributed by atoms with E-state index in [9.17, 15) is 9.59 Å². The van der Waals surface area contributed by atoms with Gasteiger partial charge in [-0.3, -0.25) is 0 Å². The molecule has 6 nitrogen and oxygen atoms in total. The highest BCUT2D eigenvalue weighted by Crippen LogP contribution is 2.25. The predicted octanol–water partition coefficient (Wildman–Crippen LogP) is 2.60. The number of benzene rings is 1. The van der Waals surface area contributed by atoms with Crippen LogP contribution in [0.25, 0.3) is 6.08 Å². The predicted molar refractivity (Wildman–Crippen MR) is 85.4 cm³/mol. The number of esters is 2. The number of methoxy groups -OCH3 is 2. The van der Waals surface area contributed by atoms with Crippen molar-refractivity contribution in [2.45, 2.75) is 26.4 Å². The Morgan fingerprint density at radius 2 is 1.83 bits per heavy atom. The van der Waals surface area contributed by atoms with Crippen LogP contribution in [0.15, 0.2) is 24.3 Å². The first-order valence-electron chi connectivity index (χ1n) is 7.04. The van der Waals surface area contributed by atoms with Crippen LogP contribution in [0.3, 0.4) is 0 Å². The van der Waals surface area contributed by atoms with E-state index in [0.717, 1.165) is 0 Å². The smallest absolute Gasteiger partial charge is 0.344 e. The van der Waals surface area contributed by atoms with Crippen LogP contribution in [-0.4, -0.2) is 38.4 Å². The number of rotatable bonds is 6. The first-order chi connectivity index (χ1) is 10.7. The summed E-state index contributed by atoms with van der Waals surface area (Å²) >= 11 is 0. The Bertz CT molecular complexity index is 583. The van der Waals surface area contributed by atoms with E-state index >= 15 is 0 Å². The Kier molecular flexibility index (Phi) is 6.63. The fourth-order valence-corrected chi connectivity index (χ4v) is 1.68. The van der Waals surface area contributed by atoms with Crippen LogP contribution in [0.5, 0.6) is 11.5 Å². The average molecular weight is 322 g/mol. The molecule has 0 amide bonds. The second-order valence-corrected chi connectivity index (χ2v) is 5.64. The minimum absolute atomic E-state index is 0.435. The van der Waals surface area contributed by atoms with Gasteiger partial charge in [0.2, 0.25) is 0 Å². The van der Waals surface area contributed by atoms with Crippen LogP contribution >= 0.6 is 0 Å². The molecule has 0 spiro atoms. The van der Waals surface area contributed by atoms with E-state index in [1.54, 1.807) is 46.1 Å². The zero-order chi connectivity index (χ0) is 17.5. The largest absolute Gasteiger partial charge is 0.497 e. The average Bonchev–Trinajstić information content (AvgIpc) is 2.48. The monoisotopic (exact) mass is 322 g/mol. The highest BCUT2D eigenvalue weighted by Gasteiger charge is 2.17. The summed E-state index contributed by atoms with van der Waals surface area (Å²) in [5.41, 5.74) is 0.0360. The summed E-state index contributed by atoms with van der Waals surface area (Å²) in [5, 5.41) is 0. The van der Waals surface area contributed by atoms with Gasteiger partial charge in [0.15, 0.2) is 6.61 Å². The molecule has 6 heteroatoms. The first kappa shape index (κ1) is 18.5. The third-order valence-corrected chi connectivity index (χ3v) is 2.59. The van der Waals surface area contributed by atoms with E-state index in [1.165, 1.54) is 19.3 Å². The Morgan fingerprint density at radius 3 is 2.39 bits per heavy atom. The van der Waals surface area contributed by atoms with Gasteiger partial charge >= 0.3 is 11.9 Å². The molecule has 0 radical (unpaired) electrons. The number of hydrogen-bond acceptors (Lipinski definition) is 6. The topological polar surface area (TPSA) is 71.1 Å². The van der Waals surface area contributed by atoms with Crippen LogP contribution in [0.1, 0.15) is 26.3 Å². The minimum Gasteiger partial charge on any atom is -0.497 e. The lowest BCUT2D eigenvalue weighted by atomic mass is 10.1. The molecule has 0 saturated carbocycles. The highest BCUT2D eigenvalue weighted by atomic mass is 16.6. The number of carbonyl (C=O) groups is 2. The van der Waals surface area contributed by atoms with Crippen LogP contribution in [0.2, 0.25) is 0 Å².